The van der Waals surface area contributed by atoms with E-state index in [1.807, 2.05) is 42.6 Å². The number of nitrogens with zero attached hydrogens (tertiary/aromatic N) is 4. The van der Waals surface area contributed by atoms with E-state index in [1.54, 1.807) is 12.1 Å². The summed E-state index contributed by atoms with van der Waals surface area (Å²) < 4.78 is 13.3. The molecule has 0 N–H and O–H groups in total. The summed E-state index contributed by atoms with van der Waals surface area (Å²) in [5.74, 6) is 1.57. The van der Waals surface area contributed by atoms with Gasteiger partial charge in [0.25, 0.3) is 0 Å². The van der Waals surface area contributed by atoms with Gasteiger partial charge in [0.15, 0.2) is 17.5 Å². The van der Waals surface area contributed by atoms with Gasteiger partial charge in [-0.2, -0.15) is 0 Å². The molecule has 224 valence electrons. The van der Waals surface area contributed by atoms with E-state index in [2.05, 4.69) is 90.1 Å². The Kier molecular flexibility index (Phi) is 7.88. The molecule has 6 aromatic rings. The Balaban J connectivity index is 1.35. The van der Waals surface area contributed by atoms with Gasteiger partial charge in [0, 0.05) is 28.5 Å². The average Bonchev–Trinajstić information content (AvgIpc) is 3.04. The third-order valence-electron chi connectivity index (χ3n) is 8.03. The Labute approximate surface area is 265 Å². The summed E-state index contributed by atoms with van der Waals surface area (Å²) in [4.78, 5) is 19.5. The van der Waals surface area contributed by atoms with Gasteiger partial charge in [-0.05, 0) is 57.3 Å². The highest BCUT2D eigenvalue weighted by atomic mass is 19.1. The maximum Gasteiger partial charge on any atom is 0.165 e. The van der Waals surface area contributed by atoms with Crippen LogP contribution < -0.4 is 0 Å². The first kappa shape index (κ1) is 30.0. The van der Waals surface area contributed by atoms with Crippen LogP contribution in [0.3, 0.4) is 0 Å². The Morgan fingerprint density at radius 1 is 0.400 bits per heavy atom. The third kappa shape index (κ3) is 6.73. The van der Waals surface area contributed by atoms with E-state index in [0.717, 1.165) is 39.1 Å². The van der Waals surface area contributed by atoms with Crippen LogP contribution in [0.1, 0.15) is 52.7 Å². The minimum atomic E-state index is -0.242. The van der Waals surface area contributed by atoms with Gasteiger partial charge >= 0.3 is 0 Å². The van der Waals surface area contributed by atoms with Crippen molar-refractivity contribution < 1.29 is 4.39 Å². The average molecular weight is 593 g/mol. The Hall–Kier alpha value is -5.03. The van der Waals surface area contributed by atoms with Gasteiger partial charge in [-0.25, -0.2) is 19.3 Å². The highest BCUT2D eigenvalue weighted by Crippen LogP contribution is 2.30. The van der Waals surface area contributed by atoms with Crippen LogP contribution in [0.5, 0.6) is 0 Å². The molecule has 0 aliphatic heterocycles. The lowest BCUT2D eigenvalue weighted by molar-refractivity contribution is 0.590. The molecule has 0 bridgehead atoms. The minimum absolute atomic E-state index is 0.0530. The molecule has 0 aliphatic rings. The van der Waals surface area contributed by atoms with Crippen LogP contribution in [-0.4, -0.2) is 19.9 Å². The van der Waals surface area contributed by atoms with Crippen molar-refractivity contribution in [3.63, 3.8) is 0 Å². The summed E-state index contributed by atoms with van der Waals surface area (Å²) in [5, 5.41) is 0. The van der Waals surface area contributed by atoms with Gasteiger partial charge in [-0.1, -0.05) is 126 Å². The van der Waals surface area contributed by atoms with E-state index < -0.39 is 0 Å². The lowest BCUT2D eigenvalue weighted by Gasteiger charge is -2.19. The fraction of sp³-hybridized carbons (Fsp3) is 0.200. The molecule has 0 saturated carbocycles. The van der Waals surface area contributed by atoms with Crippen molar-refractivity contribution in [1.29, 1.82) is 0 Å². The third-order valence-corrected chi connectivity index (χ3v) is 8.03. The minimum Gasteiger partial charge on any atom is -0.255 e. The number of aromatic nitrogens is 4. The van der Waals surface area contributed by atoms with E-state index in [-0.39, 0.29) is 16.6 Å². The molecule has 45 heavy (non-hydrogen) atoms. The van der Waals surface area contributed by atoms with Crippen LogP contribution in [0.4, 0.5) is 4.39 Å². The first-order chi connectivity index (χ1) is 21.4. The summed E-state index contributed by atoms with van der Waals surface area (Å²) in [6.45, 7) is 13.2. The second kappa shape index (κ2) is 11.8. The molecule has 0 saturated heterocycles. The lowest BCUT2D eigenvalue weighted by Crippen LogP contribution is -2.10. The van der Waals surface area contributed by atoms with Crippen molar-refractivity contribution in [2.75, 3.05) is 0 Å². The summed E-state index contributed by atoms with van der Waals surface area (Å²) in [6.07, 6.45) is 1.82. The van der Waals surface area contributed by atoms with Crippen LogP contribution in [0, 0.1) is 5.82 Å². The molecule has 5 heteroatoms. The van der Waals surface area contributed by atoms with Gasteiger partial charge in [0.05, 0.1) is 5.69 Å². The van der Waals surface area contributed by atoms with Crippen LogP contribution in [0.25, 0.3) is 56.5 Å². The predicted molar refractivity (Wildman–Crippen MR) is 182 cm³/mol. The van der Waals surface area contributed by atoms with Crippen molar-refractivity contribution in [2.24, 2.45) is 0 Å². The predicted octanol–water partition coefficient (Wildman–Crippen LogP) is 10.3. The van der Waals surface area contributed by atoms with Crippen LogP contribution in [0.15, 0.2) is 115 Å². The highest BCUT2D eigenvalue weighted by molar-refractivity contribution is 5.71. The van der Waals surface area contributed by atoms with Crippen LogP contribution in [-0.2, 0) is 10.8 Å². The molecule has 0 fully saturated rings. The van der Waals surface area contributed by atoms with Gasteiger partial charge in [-0.15, -0.1) is 0 Å². The molecule has 2 aromatic heterocycles. The lowest BCUT2D eigenvalue weighted by atomic mass is 9.86. The molecule has 6 rings (SSSR count). The van der Waals surface area contributed by atoms with E-state index in [0.29, 0.717) is 17.5 Å². The molecule has 4 aromatic carbocycles. The van der Waals surface area contributed by atoms with Gasteiger partial charge in [0.2, 0.25) is 0 Å². The molecule has 0 unspecified atom stereocenters. The first-order valence-corrected chi connectivity index (χ1v) is 15.2. The zero-order valence-electron chi connectivity index (χ0n) is 26.6. The molecular formula is C40H37FN4. The number of pyridine rings is 1. The number of benzene rings is 4. The maximum absolute atomic E-state index is 13.3. The monoisotopic (exact) mass is 592 g/mol. The fourth-order valence-corrected chi connectivity index (χ4v) is 5.17. The van der Waals surface area contributed by atoms with Crippen molar-refractivity contribution >= 4 is 0 Å². The normalized spacial score (nSPS) is 11.9. The molecule has 0 radical (unpaired) electrons. The molecule has 0 atom stereocenters. The van der Waals surface area contributed by atoms with Crippen LogP contribution in [0.2, 0.25) is 0 Å². The summed E-state index contributed by atoms with van der Waals surface area (Å²) in [5.41, 5.74) is 9.11. The van der Waals surface area contributed by atoms with E-state index in [4.69, 9.17) is 19.9 Å². The van der Waals surface area contributed by atoms with Gasteiger partial charge in [-0.3, -0.25) is 4.98 Å². The fourth-order valence-electron chi connectivity index (χ4n) is 5.17. The number of hydrogen-bond acceptors (Lipinski definition) is 4. The van der Waals surface area contributed by atoms with Crippen LogP contribution >= 0.6 is 0 Å². The summed E-state index contributed by atoms with van der Waals surface area (Å²) >= 11 is 0. The molecule has 4 nitrogen and oxygen atoms in total. The number of hydrogen-bond donors (Lipinski definition) is 0. The Morgan fingerprint density at radius 2 is 0.756 bits per heavy atom. The molecule has 0 amide bonds. The van der Waals surface area contributed by atoms with E-state index in [1.165, 1.54) is 23.3 Å². The van der Waals surface area contributed by atoms with Crippen molar-refractivity contribution in [2.45, 2.75) is 52.4 Å². The van der Waals surface area contributed by atoms with Gasteiger partial charge < -0.3 is 0 Å². The molecular weight excluding hydrogens is 555 g/mol. The summed E-state index contributed by atoms with van der Waals surface area (Å²) in [6, 6.07) is 35.6. The van der Waals surface area contributed by atoms with Gasteiger partial charge in [0.1, 0.15) is 5.82 Å². The largest absolute Gasteiger partial charge is 0.255 e. The number of halogens is 1. The second-order valence-electron chi connectivity index (χ2n) is 13.5. The van der Waals surface area contributed by atoms with E-state index >= 15 is 0 Å². The van der Waals surface area contributed by atoms with Crippen molar-refractivity contribution in [3.05, 3.63) is 132 Å². The quantitative estimate of drug-likeness (QED) is 0.200. The summed E-state index contributed by atoms with van der Waals surface area (Å²) in [7, 11) is 0. The topological polar surface area (TPSA) is 51.6 Å². The highest BCUT2D eigenvalue weighted by Gasteiger charge is 2.17. The second-order valence-corrected chi connectivity index (χ2v) is 13.5. The SMILES string of the molecule is CC(C)(C)c1ccc(-c2nc(-c3ccc(C(C)(C)C)cc3)nc(-c3ccc(-c4ccc(-c5ccc(F)cc5)cc4)nc3)n2)cc1. The zero-order valence-corrected chi connectivity index (χ0v) is 26.6. The van der Waals surface area contributed by atoms with Crippen molar-refractivity contribution in [3.8, 4) is 56.5 Å². The van der Waals surface area contributed by atoms with E-state index in [9.17, 15) is 4.39 Å². The Bertz CT molecular complexity index is 1840. The first-order valence-electron chi connectivity index (χ1n) is 15.2. The Morgan fingerprint density at radius 3 is 1.16 bits per heavy atom. The smallest absolute Gasteiger partial charge is 0.165 e. The standard InChI is InChI=1S/C40H37FN4/c1-39(2,3)32-18-11-29(12-19-32)36-43-37(30-13-20-33(21-14-30)40(4,5)6)45-38(44-36)31-17-24-35(42-25-31)28-9-7-26(8-10-28)27-15-22-34(41)23-16-27/h7-25H,1-6H3. The number of rotatable bonds is 5. The molecule has 2 heterocycles. The molecule has 0 aliphatic carbocycles. The zero-order chi connectivity index (χ0) is 31.8. The molecule has 0 spiro atoms. The maximum atomic E-state index is 13.3. The van der Waals surface area contributed by atoms with Crippen molar-refractivity contribution in [1.82, 2.24) is 19.9 Å².